The number of hydrogen-bond donors (Lipinski definition) is 0. The number of aryl methyl sites for hydroxylation is 1. The number of fused-ring (bicyclic) bond motifs is 2. The van der Waals surface area contributed by atoms with Crippen molar-refractivity contribution in [1.29, 1.82) is 0 Å². The molecule has 0 spiro atoms. The molecule has 1 atom stereocenters. The normalized spacial score (nSPS) is 15.4. The molecule has 0 bridgehead atoms. The quantitative estimate of drug-likeness (QED) is 0.134. The molecule has 1 aromatic heterocycles. The molecule has 0 fully saturated rings. The van der Waals surface area contributed by atoms with Gasteiger partial charge in [0.2, 0.25) is 11.5 Å². The van der Waals surface area contributed by atoms with Crippen LogP contribution in [-0.4, -0.2) is 43.5 Å². The second kappa shape index (κ2) is 13.4. The molecule has 45 heavy (non-hydrogen) atoms. The van der Waals surface area contributed by atoms with E-state index < -0.39 is 31.2 Å². The van der Waals surface area contributed by atoms with Crippen molar-refractivity contribution in [2.45, 2.75) is 44.9 Å². The third-order valence-corrected chi connectivity index (χ3v) is 9.83. The van der Waals surface area contributed by atoms with Crippen molar-refractivity contribution in [2.75, 3.05) is 17.2 Å². The number of rotatable bonds is 12. The van der Waals surface area contributed by atoms with E-state index in [0.717, 1.165) is 22.4 Å². The van der Waals surface area contributed by atoms with Crippen LogP contribution < -0.4 is 14.2 Å². The molecule has 1 aliphatic rings. The van der Waals surface area contributed by atoms with Gasteiger partial charge in [0, 0.05) is 47.2 Å². The number of anilines is 1. The van der Waals surface area contributed by atoms with Crippen LogP contribution in [-0.2, 0) is 26.8 Å². The smallest absolute Gasteiger partial charge is 0.374 e. The van der Waals surface area contributed by atoms with Gasteiger partial charge in [0.05, 0.1) is 32.0 Å². The van der Waals surface area contributed by atoms with Gasteiger partial charge in [0.15, 0.2) is 12.3 Å². The van der Waals surface area contributed by atoms with Crippen molar-refractivity contribution in [3.8, 4) is 16.9 Å². The zero-order valence-corrected chi connectivity index (χ0v) is 27.1. The number of aromatic nitrogens is 1. The Bertz CT molecular complexity index is 1990. The van der Waals surface area contributed by atoms with Crippen LogP contribution in [0.1, 0.15) is 39.0 Å². The summed E-state index contributed by atoms with van der Waals surface area (Å²) in [4.78, 5) is 1.86. The molecule has 1 aliphatic heterocycles. The summed E-state index contributed by atoms with van der Waals surface area (Å²) in [7, 11) is -8.86. The minimum atomic E-state index is -4.48. The van der Waals surface area contributed by atoms with E-state index in [2.05, 4.69) is 0 Å². The van der Waals surface area contributed by atoms with E-state index in [-0.39, 0.29) is 25.9 Å². The Morgan fingerprint density at radius 3 is 2.47 bits per heavy atom. The van der Waals surface area contributed by atoms with Crippen LogP contribution in [0, 0.1) is 0 Å². The summed E-state index contributed by atoms with van der Waals surface area (Å²) < 4.78 is 83.0. The van der Waals surface area contributed by atoms with Crippen molar-refractivity contribution in [3.63, 3.8) is 0 Å². The maximum atomic E-state index is 11.7. The first-order valence-corrected chi connectivity index (χ1v) is 17.8. The summed E-state index contributed by atoms with van der Waals surface area (Å²) in [6, 6.07) is 20.7. The van der Waals surface area contributed by atoms with E-state index in [9.17, 15) is 25.9 Å². The summed E-state index contributed by atoms with van der Waals surface area (Å²) in [5.41, 5.74) is 4.65. The van der Waals surface area contributed by atoms with Gasteiger partial charge in [-0.15, -0.1) is 0 Å². The van der Waals surface area contributed by atoms with E-state index in [4.69, 9.17) is 20.8 Å². The Hall–Kier alpha value is -3.68. The van der Waals surface area contributed by atoms with Crippen LogP contribution in [0.4, 0.5) is 5.69 Å². The Morgan fingerprint density at radius 2 is 1.78 bits per heavy atom. The standard InChI is InChI=1S/C32H33ClN2O8S2/c1-3-23(18-31-34(15-7-17-44(36,37)38)27-12-11-26(33)21-30(27)43-31)19-32-35(16-14-22(2)45(39,40)41)28-20-25(10-13-29(28)42-32)24-8-5-4-6-9-24/h4-6,8-13,18-22H,3,7,14-17H2,1-2H3,(H-,36,37,38,39,40,41)/p-1. The Labute approximate surface area is 267 Å². The SMILES string of the molecule is CCC(/C=C1\Oc2ccc(-c3ccccc3)cc2N1CCC(C)S(=O)(=O)[O-])=C\c1oc2cc(Cl)ccc2[n+]1CCCS(=O)(=O)[O-]. The summed E-state index contributed by atoms with van der Waals surface area (Å²) in [6.07, 6.45) is 4.35. The number of nitrogens with zero attached hydrogens (tertiary/aromatic N) is 2. The minimum Gasteiger partial charge on any atom is -0.748 e. The van der Waals surface area contributed by atoms with Gasteiger partial charge in [0.1, 0.15) is 0 Å². The molecular formula is C32H32ClN2O8S2-. The highest BCUT2D eigenvalue weighted by molar-refractivity contribution is 7.86. The maximum Gasteiger partial charge on any atom is 0.374 e. The van der Waals surface area contributed by atoms with Gasteiger partial charge in [-0.05, 0) is 54.7 Å². The average molecular weight is 672 g/mol. The Balaban J connectivity index is 1.54. The molecule has 13 heteroatoms. The van der Waals surface area contributed by atoms with Crippen LogP contribution in [0.5, 0.6) is 5.75 Å². The third-order valence-electron chi connectivity index (χ3n) is 7.58. The van der Waals surface area contributed by atoms with Crippen molar-refractivity contribution < 1.29 is 39.7 Å². The molecule has 0 saturated heterocycles. The fraction of sp³-hybridized carbons (Fsp3) is 0.281. The topological polar surface area (TPSA) is 144 Å². The third kappa shape index (κ3) is 7.95. The molecule has 4 aromatic rings. The lowest BCUT2D eigenvalue weighted by atomic mass is 10.0. The maximum absolute atomic E-state index is 11.7. The molecular weight excluding hydrogens is 640 g/mol. The minimum absolute atomic E-state index is 0.0830. The molecule has 0 N–H and O–H groups in total. The van der Waals surface area contributed by atoms with Gasteiger partial charge in [-0.1, -0.05) is 54.9 Å². The van der Waals surface area contributed by atoms with E-state index in [1.807, 2.05) is 66.4 Å². The van der Waals surface area contributed by atoms with E-state index in [0.29, 0.717) is 40.1 Å². The summed E-state index contributed by atoms with van der Waals surface area (Å²) >= 11 is 6.19. The highest BCUT2D eigenvalue weighted by Crippen LogP contribution is 2.42. The summed E-state index contributed by atoms with van der Waals surface area (Å²) in [6.45, 7) is 3.77. The van der Waals surface area contributed by atoms with E-state index in [1.165, 1.54) is 6.92 Å². The molecule has 5 rings (SSSR count). The number of ether oxygens (including phenoxy) is 1. The van der Waals surface area contributed by atoms with Crippen LogP contribution in [0.2, 0.25) is 5.02 Å². The van der Waals surface area contributed by atoms with Gasteiger partial charge in [-0.2, -0.15) is 4.57 Å². The predicted octanol–water partition coefficient (Wildman–Crippen LogP) is 5.83. The molecule has 2 heterocycles. The molecule has 238 valence electrons. The molecule has 0 amide bonds. The van der Waals surface area contributed by atoms with Crippen LogP contribution >= 0.6 is 11.6 Å². The fourth-order valence-electron chi connectivity index (χ4n) is 5.08. The van der Waals surface area contributed by atoms with Crippen molar-refractivity contribution in [3.05, 3.63) is 95.2 Å². The van der Waals surface area contributed by atoms with E-state index >= 15 is 0 Å². The highest BCUT2D eigenvalue weighted by Gasteiger charge is 2.29. The first kappa shape index (κ1) is 32.7. The monoisotopic (exact) mass is 671 g/mol. The fourth-order valence-corrected chi connectivity index (χ4v) is 6.12. The lowest BCUT2D eigenvalue weighted by molar-refractivity contribution is -0.677. The molecule has 10 nitrogen and oxygen atoms in total. The second-order valence-corrected chi connectivity index (χ2v) is 14.5. The molecule has 0 saturated carbocycles. The first-order valence-electron chi connectivity index (χ1n) is 14.4. The average Bonchev–Trinajstić information content (AvgIpc) is 3.50. The zero-order valence-electron chi connectivity index (χ0n) is 24.7. The highest BCUT2D eigenvalue weighted by atomic mass is 35.5. The molecule has 0 radical (unpaired) electrons. The van der Waals surface area contributed by atoms with Gasteiger partial charge in [-0.3, -0.25) is 0 Å². The van der Waals surface area contributed by atoms with Crippen LogP contribution in [0.3, 0.4) is 0 Å². The van der Waals surface area contributed by atoms with Crippen LogP contribution in [0.25, 0.3) is 28.3 Å². The summed E-state index contributed by atoms with van der Waals surface area (Å²) in [5.74, 6) is 0.935. The Morgan fingerprint density at radius 1 is 1.02 bits per heavy atom. The number of allylic oxidation sites excluding steroid dienone is 2. The predicted molar refractivity (Wildman–Crippen MR) is 171 cm³/mol. The number of halogens is 1. The lowest BCUT2D eigenvalue weighted by Gasteiger charge is -2.22. The molecule has 3 aromatic carbocycles. The van der Waals surface area contributed by atoms with Crippen molar-refractivity contribution >= 4 is 54.7 Å². The van der Waals surface area contributed by atoms with Crippen LogP contribution in [0.15, 0.2) is 88.7 Å². The van der Waals surface area contributed by atoms with Gasteiger partial charge in [0.25, 0.3) is 5.52 Å². The number of benzene rings is 3. The Kier molecular flexibility index (Phi) is 9.71. The van der Waals surface area contributed by atoms with Gasteiger partial charge >= 0.3 is 5.89 Å². The summed E-state index contributed by atoms with van der Waals surface area (Å²) in [5, 5.41) is -0.628. The zero-order chi connectivity index (χ0) is 32.4. The number of oxazole rings is 1. The molecule has 0 aliphatic carbocycles. The van der Waals surface area contributed by atoms with Crippen molar-refractivity contribution in [2.24, 2.45) is 0 Å². The van der Waals surface area contributed by atoms with Gasteiger partial charge < -0.3 is 23.2 Å². The first-order chi connectivity index (χ1) is 21.3. The lowest BCUT2D eigenvalue weighted by Crippen LogP contribution is -2.36. The van der Waals surface area contributed by atoms with Crippen molar-refractivity contribution in [1.82, 2.24) is 0 Å². The second-order valence-electron chi connectivity index (χ2n) is 10.8. The largest absolute Gasteiger partial charge is 0.748 e. The number of hydrogen-bond acceptors (Lipinski definition) is 9. The molecule has 1 unspecified atom stereocenters. The van der Waals surface area contributed by atoms with Gasteiger partial charge in [-0.25, -0.2) is 16.8 Å². The van der Waals surface area contributed by atoms with E-state index in [1.54, 1.807) is 28.8 Å².